The predicted octanol–water partition coefficient (Wildman–Crippen LogP) is 4.57. The van der Waals surface area contributed by atoms with Gasteiger partial charge < -0.3 is 10.2 Å². The summed E-state index contributed by atoms with van der Waals surface area (Å²) in [6, 6.07) is 15.4. The van der Waals surface area contributed by atoms with E-state index < -0.39 is 4.92 Å². The highest BCUT2D eigenvalue weighted by atomic mass is 32.1. The molecule has 2 heterocycles. The first kappa shape index (κ1) is 18.1. The number of hydrogen-bond donors (Lipinski definition) is 1. The van der Waals surface area contributed by atoms with E-state index in [1.165, 1.54) is 23.5 Å². The van der Waals surface area contributed by atoms with Crippen LogP contribution in [0.2, 0.25) is 0 Å². The zero-order chi connectivity index (χ0) is 19.5. The van der Waals surface area contributed by atoms with Crippen molar-refractivity contribution in [1.82, 2.24) is 4.98 Å². The minimum absolute atomic E-state index is 0.00836. The zero-order valence-electron chi connectivity index (χ0n) is 15.0. The largest absolute Gasteiger partial charge is 0.348 e. The molecule has 1 saturated heterocycles. The van der Waals surface area contributed by atoms with Gasteiger partial charge in [-0.05, 0) is 37.1 Å². The summed E-state index contributed by atoms with van der Waals surface area (Å²) in [6.45, 7) is 1.85. The second kappa shape index (κ2) is 7.77. The Kier molecular flexibility index (Phi) is 5.03. The van der Waals surface area contributed by atoms with Crippen molar-refractivity contribution in [2.45, 2.75) is 12.8 Å². The number of carbonyl (C=O) groups is 1. The molecule has 28 heavy (non-hydrogen) atoms. The number of carbonyl (C=O) groups excluding carboxylic acids is 1. The first-order valence-corrected chi connectivity index (χ1v) is 9.80. The SMILES string of the molecule is O=C(Nc1ccccc1)c1sc(N2CCCC2)nc1-c1ccc([N+](=O)[O-])cc1. The molecule has 0 radical (unpaired) electrons. The van der Waals surface area contributed by atoms with E-state index >= 15 is 0 Å². The van der Waals surface area contributed by atoms with Gasteiger partial charge in [-0.2, -0.15) is 0 Å². The standard InChI is InChI=1S/C20H18N4O3S/c25-19(21-15-6-2-1-3-7-15)18-17(14-8-10-16(11-9-14)24(26)27)22-20(28-18)23-12-4-5-13-23/h1-3,6-11H,4-5,12-13H2,(H,21,25). The third-order valence-electron chi connectivity index (χ3n) is 4.58. The zero-order valence-corrected chi connectivity index (χ0v) is 15.8. The number of nitro benzene ring substituents is 1. The lowest BCUT2D eigenvalue weighted by Gasteiger charge is -2.12. The first-order valence-electron chi connectivity index (χ1n) is 8.99. The number of nitrogens with one attached hydrogen (secondary N) is 1. The van der Waals surface area contributed by atoms with E-state index in [2.05, 4.69) is 10.2 Å². The average Bonchev–Trinajstić information content (AvgIpc) is 3.39. The van der Waals surface area contributed by atoms with Gasteiger partial charge in [0, 0.05) is 36.5 Å². The molecule has 1 aromatic heterocycles. The summed E-state index contributed by atoms with van der Waals surface area (Å²) in [5.41, 5.74) is 1.95. The van der Waals surface area contributed by atoms with Gasteiger partial charge in [-0.3, -0.25) is 14.9 Å². The van der Waals surface area contributed by atoms with Gasteiger partial charge in [-0.25, -0.2) is 4.98 Å². The van der Waals surface area contributed by atoms with E-state index in [-0.39, 0.29) is 11.6 Å². The summed E-state index contributed by atoms with van der Waals surface area (Å²) >= 11 is 1.36. The van der Waals surface area contributed by atoms with Crippen LogP contribution in [0, 0.1) is 10.1 Å². The van der Waals surface area contributed by atoms with Crippen molar-refractivity contribution >= 4 is 33.8 Å². The van der Waals surface area contributed by atoms with Gasteiger partial charge in [0.1, 0.15) is 4.88 Å². The van der Waals surface area contributed by atoms with Crippen LogP contribution >= 0.6 is 11.3 Å². The second-order valence-corrected chi connectivity index (χ2v) is 7.47. The third-order valence-corrected chi connectivity index (χ3v) is 5.70. The van der Waals surface area contributed by atoms with E-state index in [4.69, 9.17) is 4.98 Å². The molecule has 1 aliphatic rings. The number of nitrogens with zero attached hydrogens (tertiary/aromatic N) is 3. The normalized spacial score (nSPS) is 13.5. The van der Waals surface area contributed by atoms with Crippen LogP contribution < -0.4 is 10.2 Å². The summed E-state index contributed by atoms with van der Waals surface area (Å²) in [6.07, 6.45) is 2.22. The number of aromatic nitrogens is 1. The van der Waals surface area contributed by atoms with Crippen molar-refractivity contribution in [1.29, 1.82) is 0 Å². The summed E-state index contributed by atoms with van der Waals surface area (Å²) in [5.74, 6) is -0.234. The monoisotopic (exact) mass is 394 g/mol. The van der Waals surface area contributed by atoms with Gasteiger partial charge in [0.15, 0.2) is 5.13 Å². The summed E-state index contributed by atoms with van der Waals surface area (Å²) in [7, 11) is 0. The number of benzene rings is 2. The molecule has 0 bridgehead atoms. The molecular formula is C20H18N4O3S. The van der Waals surface area contributed by atoms with Gasteiger partial charge in [0.2, 0.25) is 0 Å². The Morgan fingerprint density at radius 1 is 1.07 bits per heavy atom. The molecule has 1 fully saturated rings. The maximum absolute atomic E-state index is 12.9. The predicted molar refractivity (Wildman–Crippen MR) is 110 cm³/mol. The maximum Gasteiger partial charge on any atom is 0.269 e. The molecule has 142 valence electrons. The first-order chi connectivity index (χ1) is 13.6. The third kappa shape index (κ3) is 3.72. The highest BCUT2D eigenvalue weighted by Gasteiger charge is 2.24. The molecule has 8 heteroatoms. The molecule has 0 unspecified atom stereocenters. The van der Waals surface area contributed by atoms with E-state index in [0.29, 0.717) is 21.8 Å². The lowest BCUT2D eigenvalue weighted by Crippen LogP contribution is -2.17. The molecule has 4 rings (SSSR count). The summed E-state index contributed by atoms with van der Waals surface area (Å²) in [4.78, 5) is 30.8. The molecule has 2 aromatic carbocycles. The molecule has 1 amide bonds. The molecule has 3 aromatic rings. The fourth-order valence-electron chi connectivity index (χ4n) is 3.15. The molecule has 0 saturated carbocycles. The van der Waals surface area contributed by atoms with Crippen LogP contribution in [0.15, 0.2) is 54.6 Å². The number of rotatable bonds is 5. The Morgan fingerprint density at radius 2 is 1.75 bits per heavy atom. The number of para-hydroxylation sites is 1. The van der Waals surface area contributed by atoms with Crippen molar-refractivity contribution in [3.05, 3.63) is 69.6 Å². The molecule has 1 N–H and O–H groups in total. The van der Waals surface area contributed by atoms with E-state index in [0.717, 1.165) is 31.1 Å². The van der Waals surface area contributed by atoms with Gasteiger partial charge in [0.25, 0.3) is 11.6 Å². The van der Waals surface area contributed by atoms with Crippen molar-refractivity contribution in [2.24, 2.45) is 0 Å². The van der Waals surface area contributed by atoms with Gasteiger partial charge >= 0.3 is 0 Å². The Hall–Kier alpha value is -3.26. The Bertz CT molecular complexity index is 996. The van der Waals surface area contributed by atoms with E-state index in [1.807, 2.05) is 30.3 Å². The van der Waals surface area contributed by atoms with Gasteiger partial charge in [-0.15, -0.1) is 0 Å². The number of nitro groups is 1. The van der Waals surface area contributed by atoms with E-state index in [1.54, 1.807) is 12.1 Å². The number of anilines is 2. The molecule has 0 aliphatic carbocycles. The fourth-order valence-corrected chi connectivity index (χ4v) is 4.19. The van der Waals surface area contributed by atoms with Gasteiger partial charge in [-0.1, -0.05) is 29.5 Å². The van der Waals surface area contributed by atoms with Crippen LogP contribution in [0.3, 0.4) is 0 Å². The second-order valence-electron chi connectivity index (χ2n) is 6.49. The lowest BCUT2D eigenvalue weighted by molar-refractivity contribution is -0.384. The quantitative estimate of drug-likeness (QED) is 0.506. The number of hydrogen-bond acceptors (Lipinski definition) is 6. The number of amides is 1. The number of non-ortho nitro benzene ring substituents is 1. The molecule has 0 atom stereocenters. The van der Waals surface area contributed by atoms with Crippen molar-refractivity contribution < 1.29 is 9.72 Å². The van der Waals surface area contributed by atoms with Crippen molar-refractivity contribution in [2.75, 3.05) is 23.3 Å². The molecule has 7 nitrogen and oxygen atoms in total. The Morgan fingerprint density at radius 3 is 2.39 bits per heavy atom. The van der Waals surface area contributed by atoms with E-state index in [9.17, 15) is 14.9 Å². The van der Waals surface area contributed by atoms with Crippen LogP contribution in [0.5, 0.6) is 0 Å². The molecule has 0 spiro atoms. The highest BCUT2D eigenvalue weighted by Crippen LogP contribution is 2.35. The lowest BCUT2D eigenvalue weighted by atomic mass is 10.1. The van der Waals surface area contributed by atoms with Crippen LogP contribution in [-0.4, -0.2) is 28.9 Å². The van der Waals surface area contributed by atoms with Crippen LogP contribution in [0.4, 0.5) is 16.5 Å². The fraction of sp³-hybridized carbons (Fsp3) is 0.200. The van der Waals surface area contributed by atoms with Crippen LogP contribution in [-0.2, 0) is 0 Å². The summed E-state index contributed by atoms with van der Waals surface area (Å²) in [5, 5.41) is 14.6. The topological polar surface area (TPSA) is 88.4 Å². The highest BCUT2D eigenvalue weighted by molar-refractivity contribution is 7.18. The minimum Gasteiger partial charge on any atom is -0.348 e. The smallest absolute Gasteiger partial charge is 0.269 e. The molecule has 1 aliphatic heterocycles. The van der Waals surface area contributed by atoms with Crippen LogP contribution in [0.1, 0.15) is 22.5 Å². The average molecular weight is 394 g/mol. The van der Waals surface area contributed by atoms with Crippen molar-refractivity contribution in [3.63, 3.8) is 0 Å². The Balaban J connectivity index is 1.70. The molecular weight excluding hydrogens is 376 g/mol. The maximum atomic E-state index is 12.9. The Labute approximate surface area is 165 Å². The minimum atomic E-state index is -0.441. The van der Waals surface area contributed by atoms with Crippen molar-refractivity contribution in [3.8, 4) is 11.3 Å². The summed E-state index contributed by atoms with van der Waals surface area (Å²) < 4.78 is 0. The van der Waals surface area contributed by atoms with Gasteiger partial charge in [0.05, 0.1) is 10.6 Å². The van der Waals surface area contributed by atoms with Crippen LogP contribution in [0.25, 0.3) is 11.3 Å². The number of thiazole rings is 1.